The minimum absolute atomic E-state index is 0.00875. The Morgan fingerprint density at radius 3 is 2.78 bits per heavy atom. The fraction of sp³-hybridized carbons (Fsp3) is 0.400. The van der Waals surface area contributed by atoms with Crippen LogP contribution in [0.2, 0.25) is 0 Å². The summed E-state index contributed by atoms with van der Waals surface area (Å²) in [6.07, 6.45) is 6.87. The van der Waals surface area contributed by atoms with Crippen LogP contribution in [0.3, 0.4) is 0 Å². The van der Waals surface area contributed by atoms with Crippen LogP contribution in [-0.4, -0.2) is 17.6 Å². The molecule has 3 heteroatoms. The van der Waals surface area contributed by atoms with Crippen LogP contribution in [0.1, 0.15) is 30.9 Å². The van der Waals surface area contributed by atoms with Crippen molar-refractivity contribution in [3.05, 3.63) is 48.0 Å². The lowest BCUT2D eigenvalue weighted by Gasteiger charge is -2.17. The molecule has 2 rings (SSSR count). The third-order valence-corrected chi connectivity index (χ3v) is 3.28. The highest BCUT2D eigenvalue weighted by Crippen LogP contribution is 2.21. The van der Waals surface area contributed by atoms with Crippen molar-refractivity contribution in [2.45, 2.75) is 25.3 Å². The van der Waals surface area contributed by atoms with Gasteiger partial charge in [0, 0.05) is 6.42 Å². The Hall–Kier alpha value is -1.61. The van der Waals surface area contributed by atoms with Crippen molar-refractivity contribution in [1.29, 1.82) is 0 Å². The Balaban J connectivity index is 1.90. The number of allylic oxidation sites excluding steroid dienone is 2. The molecule has 1 aliphatic rings. The van der Waals surface area contributed by atoms with Crippen molar-refractivity contribution < 1.29 is 9.90 Å². The summed E-state index contributed by atoms with van der Waals surface area (Å²) in [5.74, 6) is 0.370. The van der Waals surface area contributed by atoms with E-state index >= 15 is 0 Å². The number of aliphatic hydroxyl groups excluding tert-OH is 1. The van der Waals surface area contributed by atoms with Crippen LogP contribution in [0.4, 0.5) is 0 Å². The lowest BCUT2D eigenvalue weighted by Crippen LogP contribution is -2.31. The van der Waals surface area contributed by atoms with Crippen LogP contribution in [0, 0.1) is 5.92 Å². The molecular weight excluding hydrogens is 226 g/mol. The van der Waals surface area contributed by atoms with Crippen LogP contribution >= 0.6 is 0 Å². The lowest BCUT2D eigenvalue weighted by atomic mass is 10.0. The molecule has 3 nitrogen and oxygen atoms in total. The number of benzene rings is 1. The van der Waals surface area contributed by atoms with Crippen molar-refractivity contribution in [3.63, 3.8) is 0 Å². The van der Waals surface area contributed by atoms with Gasteiger partial charge >= 0.3 is 0 Å². The molecule has 0 fully saturated rings. The molecule has 0 aromatic heterocycles. The van der Waals surface area contributed by atoms with Gasteiger partial charge in [-0.2, -0.15) is 0 Å². The Morgan fingerprint density at radius 1 is 1.39 bits per heavy atom. The number of carbonyl (C=O) groups excluding carboxylic acids is 1. The predicted molar refractivity (Wildman–Crippen MR) is 70.9 cm³/mol. The number of hydrogen-bond donors (Lipinski definition) is 2. The zero-order chi connectivity index (χ0) is 12.8. The molecule has 1 aliphatic carbocycles. The summed E-state index contributed by atoms with van der Waals surface area (Å²) in [4.78, 5) is 11.9. The van der Waals surface area contributed by atoms with E-state index in [0.717, 1.165) is 18.4 Å². The third kappa shape index (κ3) is 3.44. The highest BCUT2D eigenvalue weighted by molar-refractivity contribution is 5.77. The summed E-state index contributed by atoms with van der Waals surface area (Å²) in [6.45, 7) is -0.0732. The maximum atomic E-state index is 11.9. The van der Waals surface area contributed by atoms with Crippen molar-refractivity contribution in [2.24, 2.45) is 5.92 Å². The first-order chi connectivity index (χ1) is 8.79. The maximum Gasteiger partial charge on any atom is 0.221 e. The second-order valence-electron chi connectivity index (χ2n) is 4.68. The fourth-order valence-electron chi connectivity index (χ4n) is 2.28. The summed E-state index contributed by atoms with van der Waals surface area (Å²) < 4.78 is 0. The molecule has 2 N–H and O–H groups in total. The van der Waals surface area contributed by atoms with Crippen LogP contribution in [0.5, 0.6) is 0 Å². The van der Waals surface area contributed by atoms with Gasteiger partial charge in [-0.15, -0.1) is 0 Å². The standard InChI is InChI=1S/C15H19NO2/c17-11-14(13-8-2-1-3-9-13)16-15(18)10-12-6-4-5-7-12/h1-4,6,8-9,12,14,17H,5,7,10-11H2,(H,16,18). The van der Waals surface area contributed by atoms with Crippen molar-refractivity contribution in [1.82, 2.24) is 5.32 Å². The Kier molecular flexibility index (Phi) is 4.53. The quantitative estimate of drug-likeness (QED) is 0.781. The average Bonchev–Trinajstić information content (AvgIpc) is 2.90. The molecular formula is C15H19NO2. The summed E-state index contributed by atoms with van der Waals surface area (Å²) >= 11 is 0. The van der Waals surface area contributed by atoms with E-state index in [1.165, 1.54) is 0 Å². The van der Waals surface area contributed by atoms with E-state index in [1.807, 2.05) is 30.3 Å². The molecule has 0 spiro atoms. The van der Waals surface area contributed by atoms with Gasteiger partial charge in [-0.05, 0) is 24.3 Å². The van der Waals surface area contributed by atoms with E-state index in [4.69, 9.17) is 0 Å². The van der Waals surface area contributed by atoms with Gasteiger partial charge in [0.1, 0.15) is 0 Å². The smallest absolute Gasteiger partial charge is 0.221 e. The summed E-state index contributed by atoms with van der Waals surface area (Å²) in [7, 11) is 0. The summed E-state index contributed by atoms with van der Waals surface area (Å²) in [6, 6.07) is 9.26. The molecule has 0 saturated heterocycles. The molecule has 0 aliphatic heterocycles. The molecule has 0 heterocycles. The van der Waals surface area contributed by atoms with E-state index in [9.17, 15) is 9.90 Å². The van der Waals surface area contributed by atoms with E-state index in [1.54, 1.807) is 0 Å². The number of rotatable bonds is 5. The first kappa shape index (κ1) is 12.8. The second kappa shape index (κ2) is 6.36. The Bertz CT molecular complexity index is 414. The summed E-state index contributed by atoms with van der Waals surface area (Å²) in [5, 5.41) is 12.2. The highest BCUT2D eigenvalue weighted by atomic mass is 16.3. The second-order valence-corrected chi connectivity index (χ2v) is 4.68. The van der Waals surface area contributed by atoms with Crippen molar-refractivity contribution in [2.75, 3.05) is 6.61 Å². The minimum Gasteiger partial charge on any atom is -0.394 e. The molecule has 2 unspecified atom stereocenters. The number of hydrogen-bond acceptors (Lipinski definition) is 2. The van der Waals surface area contributed by atoms with Gasteiger partial charge < -0.3 is 10.4 Å². The zero-order valence-electron chi connectivity index (χ0n) is 10.4. The van der Waals surface area contributed by atoms with E-state index in [2.05, 4.69) is 17.5 Å². The number of carbonyl (C=O) groups is 1. The lowest BCUT2D eigenvalue weighted by molar-refractivity contribution is -0.122. The molecule has 1 amide bonds. The minimum atomic E-state index is -0.302. The van der Waals surface area contributed by atoms with Gasteiger partial charge in [0.2, 0.25) is 5.91 Å². The van der Waals surface area contributed by atoms with Crippen molar-refractivity contribution in [3.8, 4) is 0 Å². The number of amides is 1. The topological polar surface area (TPSA) is 49.3 Å². The number of aliphatic hydroxyl groups is 1. The maximum absolute atomic E-state index is 11.9. The number of nitrogens with one attached hydrogen (secondary N) is 1. The molecule has 1 aromatic carbocycles. The normalized spacial score (nSPS) is 19.7. The van der Waals surface area contributed by atoms with Crippen LogP contribution in [-0.2, 0) is 4.79 Å². The van der Waals surface area contributed by atoms with Gasteiger partial charge in [-0.25, -0.2) is 0 Å². The van der Waals surface area contributed by atoms with Gasteiger partial charge in [0.05, 0.1) is 12.6 Å². The first-order valence-corrected chi connectivity index (χ1v) is 6.41. The van der Waals surface area contributed by atoms with Gasteiger partial charge in [-0.1, -0.05) is 42.5 Å². The molecule has 18 heavy (non-hydrogen) atoms. The fourth-order valence-corrected chi connectivity index (χ4v) is 2.28. The van der Waals surface area contributed by atoms with E-state index in [-0.39, 0.29) is 18.6 Å². The Labute approximate surface area is 108 Å². The molecule has 2 atom stereocenters. The highest BCUT2D eigenvalue weighted by Gasteiger charge is 2.17. The molecule has 0 saturated carbocycles. The summed E-state index contributed by atoms with van der Waals surface area (Å²) in [5.41, 5.74) is 0.940. The monoisotopic (exact) mass is 245 g/mol. The largest absolute Gasteiger partial charge is 0.394 e. The van der Waals surface area contributed by atoms with Crippen molar-refractivity contribution >= 4 is 5.91 Å². The third-order valence-electron chi connectivity index (χ3n) is 3.28. The van der Waals surface area contributed by atoms with Crippen LogP contribution in [0.15, 0.2) is 42.5 Å². The molecule has 0 radical (unpaired) electrons. The first-order valence-electron chi connectivity index (χ1n) is 6.41. The van der Waals surface area contributed by atoms with E-state index < -0.39 is 0 Å². The van der Waals surface area contributed by atoms with Gasteiger partial charge in [0.15, 0.2) is 0 Å². The SMILES string of the molecule is O=C(CC1C=CCC1)NC(CO)c1ccccc1. The average molecular weight is 245 g/mol. The van der Waals surface area contributed by atoms with Crippen LogP contribution < -0.4 is 5.32 Å². The van der Waals surface area contributed by atoms with Gasteiger partial charge in [-0.3, -0.25) is 4.79 Å². The van der Waals surface area contributed by atoms with Crippen LogP contribution in [0.25, 0.3) is 0 Å². The zero-order valence-corrected chi connectivity index (χ0v) is 10.4. The Morgan fingerprint density at radius 2 is 2.17 bits per heavy atom. The molecule has 1 aromatic rings. The van der Waals surface area contributed by atoms with Gasteiger partial charge in [0.25, 0.3) is 0 Å². The molecule has 96 valence electrons. The molecule has 0 bridgehead atoms. The predicted octanol–water partition coefficient (Wildman–Crippen LogP) is 2.19. The van der Waals surface area contributed by atoms with E-state index in [0.29, 0.717) is 12.3 Å².